The molecule has 0 amide bonds. The average Bonchev–Trinajstić information content (AvgIpc) is 2.73. The fraction of sp³-hybridized carbons (Fsp3) is 0.333. The summed E-state index contributed by atoms with van der Waals surface area (Å²) in [6, 6.07) is 10.2. The van der Waals surface area contributed by atoms with Crippen molar-refractivity contribution in [3.05, 3.63) is 42.1 Å². The highest BCUT2D eigenvalue weighted by atomic mass is 32.2. The number of aromatic nitrogens is 1. The van der Waals surface area contributed by atoms with Gasteiger partial charge in [0.2, 0.25) is 10.0 Å². The summed E-state index contributed by atoms with van der Waals surface area (Å²) in [5.41, 5.74) is 0.477. The average molecular weight is 388 g/mol. The molecule has 1 fully saturated rings. The van der Waals surface area contributed by atoms with Gasteiger partial charge in [-0.3, -0.25) is 0 Å². The molecule has 0 atom stereocenters. The minimum Gasteiger partial charge on any atom is -0.497 e. The van der Waals surface area contributed by atoms with Crippen LogP contribution in [0.25, 0.3) is 0 Å². The Labute approximate surface area is 158 Å². The van der Waals surface area contributed by atoms with Gasteiger partial charge in [-0.1, -0.05) is 0 Å². The molecule has 27 heavy (non-hydrogen) atoms. The molecule has 0 bridgehead atoms. The highest BCUT2D eigenvalue weighted by Crippen LogP contribution is 2.31. The first kappa shape index (κ1) is 18.9. The third-order valence-corrected chi connectivity index (χ3v) is 6.37. The molecule has 0 N–H and O–H groups in total. The van der Waals surface area contributed by atoms with E-state index in [2.05, 4.69) is 11.1 Å². The minimum atomic E-state index is -3.71. The van der Waals surface area contributed by atoms with Crippen LogP contribution in [0.4, 0.5) is 5.82 Å². The number of rotatable bonds is 5. The molecule has 1 saturated heterocycles. The first-order valence-corrected chi connectivity index (χ1v) is 9.77. The van der Waals surface area contributed by atoms with Crippen LogP contribution in [0, 0.1) is 11.3 Å². The van der Waals surface area contributed by atoms with Crippen molar-refractivity contribution in [1.82, 2.24) is 9.29 Å². The minimum absolute atomic E-state index is 0.106. The highest BCUT2D eigenvalue weighted by Gasteiger charge is 2.31. The molecule has 1 aliphatic rings. The second-order valence-electron chi connectivity index (χ2n) is 5.89. The topological polar surface area (TPSA) is 95.8 Å². The van der Waals surface area contributed by atoms with E-state index in [1.54, 1.807) is 30.5 Å². The molecular formula is C18H20N4O4S. The van der Waals surface area contributed by atoms with Crippen molar-refractivity contribution < 1.29 is 17.9 Å². The Morgan fingerprint density at radius 2 is 1.85 bits per heavy atom. The number of ether oxygens (including phenoxy) is 2. The maximum atomic E-state index is 13.1. The smallest absolute Gasteiger partial charge is 0.246 e. The van der Waals surface area contributed by atoms with E-state index in [0.29, 0.717) is 43.3 Å². The van der Waals surface area contributed by atoms with Crippen LogP contribution in [0.5, 0.6) is 11.5 Å². The zero-order valence-corrected chi connectivity index (χ0v) is 15.9. The van der Waals surface area contributed by atoms with Crippen molar-refractivity contribution in [3.8, 4) is 17.6 Å². The SMILES string of the molecule is COc1ccc(S(=O)(=O)N2CCN(c3ncccc3C#N)CC2)c(OC)c1. The van der Waals surface area contributed by atoms with Crippen molar-refractivity contribution in [2.75, 3.05) is 45.3 Å². The summed E-state index contributed by atoms with van der Waals surface area (Å²) in [6.45, 7) is 1.48. The lowest BCUT2D eigenvalue weighted by Gasteiger charge is -2.35. The van der Waals surface area contributed by atoms with Gasteiger partial charge in [0.05, 0.1) is 19.8 Å². The largest absolute Gasteiger partial charge is 0.497 e. The third kappa shape index (κ3) is 3.67. The zero-order valence-electron chi connectivity index (χ0n) is 15.1. The third-order valence-electron chi connectivity index (χ3n) is 4.43. The Morgan fingerprint density at radius 1 is 1.11 bits per heavy atom. The van der Waals surface area contributed by atoms with Gasteiger partial charge >= 0.3 is 0 Å². The van der Waals surface area contributed by atoms with Gasteiger partial charge in [0, 0.05) is 38.4 Å². The molecule has 0 unspecified atom stereocenters. The summed E-state index contributed by atoms with van der Waals surface area (Å²) in [5, 5.41) is 9.23. The normalized spacial score (nSPS) is 15.2. The van der Waals surface area contributed by atoms with Gasteiger partial charge in [0.1, 0.15) is 28.3 Å². The van der Waals surface area contributed by atoms with Crippen LogP contribution in [0.1, 0.15) is 5.56 Å². The monoisotopic (exact) mass is 388 g/mol. The summed E-state index contributed by atoms with van der Waals surface area (Å²) in [6.07, 6.45) is 1.63. The number of methoxy groups -OCH3 is 2. The second kappa shape index (κ2) is 7.82. The number of hydrogen-bond donors (Lipinski definition) is 0. The fourth-order valence-electron chi connectivity index (χ4n) is 3.00. The van der Waals surface area contributed by atoms with Crippen LogP contribution in [0.3, 0.4) is 0 Å². The van der Waals surface area contributed by atoms with Crippen LogP contribution in [0.2, 0.25) is 0 Å². The maximum Gasteiger partial charge on any atom is 0.246 e. The predicted molar refractivity (Wildman–Crippen MR) is 99.5 cm³/mol. The van der Waals surface area contributed by atoms with Crippen LogP contribution in [-0.4, -0.2) is 58.1 Å². The first-order valence-electron chi connectivity index (χ1n) is 8.33. The van der Waals surface area contributed by atoms with Crippen molar-refractivity contribution in [2.45, 2.75) is 4.90 Å². The molecule has 3 rings (SSSR count). The molecule has 0 aliphatic carbocycles. The summed E-state index contributed by atoms with van der Waals surface area (Å²) < 4.78 is 37.9. The Bertz CT molecular complexity index is 964. The Balaban J connectivity index is 1.80. The molecule has 1 aromatic heterocycles. The van der Waals surface area contributed by atoms with Crippen LogP contribution >= 0.6 is 0 Å². The predicted octanol–water partition coefficient (Wildman–Crippen LogP) is 1.48. The number of benzene rings is 1. The van der Waals surface area contributed by atoms with E-state index in [1.807, 2.05) is 4.90 Å². The standard InChI is InChI=1S/C18H20N4O4S/c1-25-15-5-6-17(16(12-15)26-2)27(23,24)22-10-8-21(9-11-22)18-14(13-19)4-3-7-20-18/h3-7,12H,8-11H2,1-2H3. The van der Waals surface area contributed by atoms with E-state index >= 15 is 0 Å². The van der Waals surface area contributed by atoms with E-state index in [-0.39, 0.29) is 10.6 Å². The number of anilines is 1. The van der Waals surface area contributed by atoms with Crippen LogP contribution in [0.15, 0.2) is 41.4 Å². The van der Waals surface area contributed by atoms with Gasteiger partial charge < -0.3 is 14.4 Å². The molecule has 2 heterocycles. The number of nitrogens with zero attached hydrogens (tertiary/aromatic N) is 4. The first-order chi connectivity index (χ1) is 13.0. The maximum absolute atomic E-state index is 13.1. The Hall–Kier alpha value is -2.83. The summed E-state index contributed by atoms with van der Waals surface area (Å²) in [4.78, 5) is 6.30. The summed E-state index contributed by atoms with van der Waals surface area (Å²) in [7, 11) is -0.774. The summed E-state index contributed by atoms with van der Waals surface area (Å²) in [5.74, 6) is 1.35. The number of pyridine rings is 1. The quantitative estimate of drug-likeness (QED) is 0.765. The zero-order chi connectivity index (χ0) is 19.4. The molecule has 2 aromatic rings. The van der Waals surface area contributed by atoms with E-state index in [9.17, 15) is 13.7 Å². The lowest BCUT2D eigenvalue weighted by atomic mass is 10.2. The van der Waals surface area contributed by atoms with Crippen LogP contribution in [-0.2, 0) is 10.0 Å². The van der Waals surface area contributed by atoms with E-state index < -0.39 is 10.0 Å². The van der Waals surface area contributed by atoms with Gasteiger partial charge in [-0.15, -0.1) is 0 Å². The van der Waals surface area contributed by atoms with E-state index in [0.717, 1.165) is 0 Å². The lowest BCUT2D eigenvalue weighted by molar-refractivity contribution is 0.369. The molecular weight excluding hydrogens is 368 g/mol. The number of sulfonamides is 1. The van der Waals surface area contributed by atoms with Crippen molar-refractivity contribution >= 4 is 15.8 Å². The number of hydrogen-bond acceptors (Lipinski definition) is 7. The lowest BCUT2D eigenvalue weighted by Crippen LogP contribution is -2.49. The van der Waals surface area contributed by atoms with Crippen molar-refractivity contribution in [3.63, 3.8) is 0 Å². The molecule has 0 radical (unpaired) electrons. The van der Waals surface area contributed by atoms with E-state index in [4.69, 9.17) is 9.47 Å². The molecule has 142 valence electrons. The van der Waals surface area contributed by atoms with Gasteiger partial charge in [0.15, 0.2) is 0 Å². The summed E-state index contributed by atoms with van der Waals surface area (Å²) >= 11 is 0. The Morgan fingerprint density at radius 3 is 2.48 bits per heavy atom. The van der Waals surface area contributed by atoms with E-state index in [1.165, 1.54) is 24.6 Å². The second-order valence-corrected chi connectivity index (χ2v) is 7.80. The van der Waals surface area contributed by atoms with Gasteiger partial charge in [-0.2, -0.15) is 9.57 Å². The highest BCUT2D eigenvalue weighted by molar-refractivity contribution is 7.89. The van der Waals surface area contributed by atoms with Crippen LogP contribution < -0.4 is 14.4 Å². The van der Waals surface area contributed by atoms with Gasteiger partial charge in [-0.25, -0.2) is 13.4 Å². The molecule has 9 heteroatoms. The fourth-order valence-corrected chi connectivity index (χ4v) is 4.56. The molecule has 8 nitrogen and oxygen atoms in total. The Kier molecular flexibility index (Phi) is 5.48. The van der Waals surface area contributed by atoms with Crippen molar-refractivity contribution in [2.24, 2.45) is 0 Å². The van der Waals surface area contributed by atoms with Gasteiger partial charge in [0.25, 0.3) is 0 Å². The van der Waals surface area contributed by atoms with Crippen molar-refractivity contribution in [1.29, 1.82) is 5.26 Å². The molecule has 0 spiro atoms. The molecule has 0 saturated carbocycles. The number of nitriles is 1. The number of piperazine rings is 1. The molecule has 1 aliphatic heterocycles. The van der Waals surface area contributed by atoms with Gasteiger partial charge in [-0.05, 0) is 24.3 Å². The molecule has 1 aromatic carbocycles.